The van der Waals surface area contributed by atoms with Gasteiger partial charge in [-0.3, -0.25) is 4.79 Å². The molecule has 2 rings (SSSR count). The Balaban J connectivity index is 2.09. The zero-order valence-corrected chi connectivity index (χ0v) is 13.9. The molecule has 0 aliphatic heterocycles. The molecule has 4 N–H and O–H groups in total. The second kappa shape index (κ2) is 7.00. The molecule has 126 valence electrons. The maximum Gasteiger partial charge on any atom is 0.316 e. The van der Waals surface area contributed by atoms with Crippen molar-refractivity contribution in [2.75, 3.05) is 12.4 Å². The summed E-state index contributed by atoms with van der Waals surface area (Å²) in [6.45, 7) is 4.26. The molecular formula is C17H25N3O3. The van der Waals surface area contributed by atoms with Crippen molar-refractivity contribution in [1.82, 2.24) is 5.32 Å². The van der Waals surface area contributed by atoms with Crippen LogP contribution >= 0.6 is 0 Å². The van der Waals surface area contributed by atoms with Gasteiger partial charge < -0.3 is 21.1 Å². The summed E-state index contributed by atoms with van der Waals surface area (Å²) in [6.07, 6.45) is 2.92. The van der Waals surface area contributed by atoms with Gasteiger partial charge in [-0.2, -0.15) is 0 Å². The number of carbonyl (C=O) groups is 2. The van der Waals surface area contributed by atoms with Crippen molar-refractivity contribution >= 4 is 17.6 Å². The number of hydrogen-bond donors (Lipinski definition) is 3. The monoisotopic (exact) mass is 319 g/mol. The number of hydrogen-bond acceptors (Lipinski definition) is 3. The quantitative estimate of drug-likeness (QED) is 0.752. The van der Waals surface area contributed by atoms with E-state index in [0.29, 0.717) is 11.3 Å². The van der Waals surface area contributed by atoms with Crippen LogP contribution in [0.2, 0.25) is 0 Å². The minimum Gasteiger partial charge on any atom is -0.381 e. The van der Waals surface area contributed by atoms with Crippen LogP contribution in [-0.2, 0) is 4.74 Å². The Morgan fingerprint density at radius 2 is 2.04 bits per heavy atom. The number of rotatable bonds is 6. The predicted molar refractivity (Wildman–Crippen MR) is 89.3 cm³/mol. The maximum atomic E-state index is 12.5. The molecule has 0 aromatic heterocycles. The molecule has 0 spiro atoms. The van der Waals surface area contributed by atoms with Crippen LogP contribution < -0.4 is 16.4 Å². The summed E-state index contributed by atoms with van der Waals surface area (Å²) in [5, 5.41) is 5.58. The lowest BCUT2D eigenvalue weighted by Gasteiger charge is -2.55. The van der Waals surface area contributed by atoms with Gasteiger partial charge in [0.2, 0.25) is 0 Å². The summed E-state index contributed by atoms with van der Waals surface area (Å²) in [7, 11) is 1.72. The highest BCUT2D eigenvalue weighted by molar-refractivity contribution is 5.96. The Kier molecular flexibility index (Phi) is 5.26. The molecule has 0 radical (unpaired) electrons. The van der Waals surface area contributed by atoms with Gasteiger partial charge in [0.25, 0.3) is 5.91 Å². The fraction of sp³-hybridized carbons (Fsp3) is 0.529. The first-order valence-electron chi connectivity index (χ1n) is 7.97. The summed E-state index contributed by atoms with van der Waals surface area (Å²) in [6, 6.07) is 6.18. The molecule has 6 nitrogen and oxygen atoms in total. The van der Waals surface area contributed by atoms with E-state index in [2.05, 4.69) is 24.5 Å². The Hall–Kier alpha value is -2.08. The molecule has 1 aliphatic carbocycles. The van der Waals surface area contributed by atoms with Crippen LogP contribution in [-0.4, -0.2) is 31.2 Å². The van der Waals surface area contributed by atoms with Crippen LogP contribution in [0.3, 0.4) is 0 Å². The predicted octanol–water partition coefficient (Wildman–Crippen LogP) is 2.50. The summed E-state index contributed by atoms with van der Waals surface area (Å²) in [5.41, 5.74) is 6.10. The van der Waals surface area contributed by atoms with E-state index in [1.165, 1.54) is 0 Å². The number of anilines is 1. The van der Waals surface area contributed by atoms with E-state index >= 15 is 0 Å². The highest BCUT2D eigenvalue weighted by atomic mass is 16.5. The molecule has 2 unspecified atom stereocenters. The van der Waals surface area contributed by atoms with Gasteiger partial charge in [0.15, 0.2) is 0 Å². The molecule has 1 fully saturated rings. The van der Waals surface area contributed by atoms with Crippen LogP contribution in [0.25, 0.3) is 0 Å². The van der Waals surface area contributed by atoms with E-state index in [1.54, 1.807) is 31.4 Å². The smallest absolute Gasteiger partial charge is 0.316 e. The average Bonchev–Trinajstić information content (AvgIpc) is 2.51. The third-order valence-corrected chi connectivity index (χ3v) is 5.08. The number of benzene rings is 1. The first-order valence-corrected chi connectivity index (χ1v) is 7.97. The molecule has 2 atom stereocenters. The third kappa shape index (κ3) is 3.32. The minimum atomic E-state index is -0.652. The van der Waals surface area contributed by atoms with Gasteiger partial charge in [0, 0.05) is 29.8 Å². The van der Waals surface area contributed by atoms with Crippen molar-refractivity contribution in [2.24, 2.45) is 11.1 Å². The van der Waals surface area contributed by atoms with E-state index in [1.807, 2.05) is 0 Å². The Labute approximate surface area is 136 Å². The first kappa shape index (κ1) is 17.3. The van der Waals surface area contributed by atoms with Crippen molar-refractivity contribution in [3.8, 4) is 0 Å². The number of ether oxygens (including phenoxy) is 1. The van der Waals surface area contributed by atoms with Gasteiger partial charge in [0.1, 0.15) is 0 Å². The van der Waals surface area contributed by atoms with Crippen LogP contribution in [0.4, 0.5) is 10.5 Å². The Bertz CT molecular complexity index is 584. The van der Waals surface area contributed by atoms with E-state index < -0.39 is 6.03 Å². The Morgan fingerprint density at radius 3 is 2.61 bits per heavy atom. The molecule has 0 bridgehead atoms. The fourth-order valence-corrected chi connectivity index (χ4v) is 3.60. The molecule has 1 saturated carbocycles. The molecule has 3 amide bonds. The first-order chi connectivity index (χ1) is 11.0. The van der Waals surface area contributed by atoms with Crippen LogP contribution in [0, 0.1) is 5.41 Å². The number of methoxy groups -OCH3 is 1. The topological polar surface area (TPSA) is 93.5 Å². The van der Waals surface area contributed by atoms with Gasteiger partial charge in [-0.15, -0.1) is 0 Å². The highest BCUT2D eigenvalue weighted by Gasteiger charge is 2.53. The standard InChI is InChI=1S/C17H25N3O3/c1-4-17(5-2)13(10-14(17)23-3)20-15(21)11-7-6-8-12(9-11)19-16(18)22/h6-9,13-14H,4-5,10H2,1-3H3,(H,20,21)(H3,18,19,22). The zero-order chi connectivity index (χ0) is 17.0. The number of nitrogens with one attached hydrogen (secondary N) is 2. The SMILES string of the molecule is CCC1(CC)C(NC(=O)c2cccc(NC(N)=O)c2)CC1OC. The van der Waals surface area contributed by atoms with Gasteiger partial charge in [-0.1, -0.05) is 19.9 Å². The number of carbonyl (C=O) groups excluding carboxylic acids is 2. The fourth-order valence-electron chi connectivity index (χ4n) is 3.60. The van der Waals surface area contributed by atoms with E-state index in [-0.39, 0.29) is 23.5 Å². The van der Waals surface area contributed by atoms with Crippen molar-refractivity contribution < 1.29 is 14.3 Å². The summed E-state index contributed by atoms with van der Waals surface area (Å²) < 4.78 is 5.55. The zero-order valence-electron chi connectivity index (χ0n) is 13.9. The third-order valence-electron chi connectivity index (χ3n) is 5.08. The normalized spacial score (nSPS) is 22.0. The van der Waals surface area contributed by atoms with Crippen molar-refractivity contribution in [3.63, 3.8) is 0 Å². The van der Waals surface area contributed by atoms with E-state index in [9.17, 15) is 9.59 Å². The van der Waals surface area contributed by atoms with Crippen LogP contribution in [0.15, 0.2) is 24.3 Å². The Morgan fingerprint density at radius 1 is 1.35 bits per heavy atom. The maximum absolute atomic E-state index is 12.5. The second-order valence-electron chi connectivity index (χ2n) is 6.00. The van der Waals surface area contributed by atoms with Gasteiger partial charge >= 0.3 is 6.03 Å². The highest BCUT2D eigenvalue weighted by Crippen LogP contribution is 2.48. The van der Waals surface area contributed by atoms with Gasteiger partial charge in [-0.25, -0.2) is 4.79 Å². The molecular weight excluding hydrogens is 294 g/mol. The summed E-state index contributed by atoms with van der Waals surface area (Å²) >= 11 is 0. The van der Waals surface area contributed by atoms with E-state index in [4.69, 9.17) is 10.5 Å². The molecule has 23 heavy (non-hydrogen) atoms. The average molecular weight is 319 g/mol. The second-order valence-corrected chi connectivity index (χ2v) is 6.00. The molecule has 1 aromatic carbocycles. The lowest BCUT2D eigenvalue weighted by Crippen LogP contribution is -2.64. The molecule has 0 saturated heterocycles. The lowest BCUT2D eigenvalue weighted by atomic mass is 9.58. The van der Waals surface area contributed by atoms with Crippen molar-refractivity contribution in [3.05, 3.63) is 29.8 Å². The van der Waals surface area contributed by atoms with Gasteiger partial charge in [0.05, 0.1) is 6.10 Å². The van der Waals surface area contributed by atoms with Gasteiger partial charge in [-0.05, 0) is 37.5 Å². The minimum absolute atomic E-state index is 0.00645. The molecule has 0 heterocycles. The molecule has 6 heteroatoms. The van der Waals surface area contributed by atoms with Crippen LogP contribution in [0.1, 0.15) is 43.5 Å². The van der Waals surface area contributed by atoms with Crippen LogP contribution in [0.5, 0.6) is 0 Å². The summed E-state index contributed by atoms with van der Waals surface area (Å²) in [4.78, 5) is 23.4. The largest absolute Gasteiger partial charge is 0.381 e. The molecule has 1 aliphatic rings. The van der Waals surface area contributed by atoms with Crippen molar-refractivity contribution in [1.29, 1.82) is 0 Å². The lowest BCUT2D eigenvalue weighted by molar-refractivity contribution is -0.120. The van der Waals surface area contributed by atoms with E-state index in [0.717, 1.165) is 19.3 Å². The number of primary amides is 1. The molecule has 1 aromatic rings. The van der Waals surface area contributed by atoms with Crippen molar-refractivity contribution in [2.45, 2.75) is 45.3 Å². The number of urea groups is 1. The summed E-state index contributed by atoms with van der Waals surface area (Å²) in [5.74, 6) is -0.149. The number of amides is 3. The number of nitrogens with two attached hydrogens (primary N) is 1.